The molecule has 2 unspecified atom stereocenters. The van der Waals surface area contributed by atoms with Crippen molar-refractivity contribution in [3.05, 3.63) is 0 Å². The third-order valence-corrected chi connectivity index (χ3v) is 0.805. The fourth-order valence-electron chi connectivity index (χ4n) is 0.270. The molecule has 0 fully saturated rings. The maximum absolute atomic E-state index is 9.77. The Labute approximate surface area is 82.0 Å². The van der Waals surface area contributed by atoms with Crippen molar-refractivity contribution in [2.24, 2.45) is 0 Å². The number of carbonyl (C=O) groups is 2. The number of hydrogen-bond donors (Lipinski definition) is 4. The second-order valence-electron chi connectivity index (χ2n) is 1.57. The van der Waals surface area contributed by atoms with Crippen LogP contribution in [0.2, 0.25) is 0 Å². The molecule has 0 heterocycles. The Morgan fingerprint density at radius 3 is 1.18 bits per heavy atom. The Morgan fingerprint density at radius 1 is 0.909 bits per heavy atom. The quantitative estimate of drug-likeness (QED) is 0.432. The van der Waals surface area contributed by atoms with E-state index >= 15 is 0 Å². The van der Waals surface area contributed by atoms with E-state index in [-0.39, 0.29) is 27.7 Å². The fraction of sp³-hybridized carbons (Fsp3) is 0.500. The monoisotopic (exact) mass is 352 g/mol. The van der Waals surface area contributed by atoms with E-state index in [0.29, 0.717) is 0 Å². The number of carboxylic acids is 2. The van der Waals surface area contributed by atoms with Crippen LogP contribution in [0.1, 0.15) is 0 Å². The van der Waals surface area contributed by atoms with Crippen molar-refractivity contribution < 1.29 is 57.7 Å². The Kier molecular flexibility index (Phi) is 6.63. The number of hydrogen-bond acceptors (Lipinski definition) is 4. The summed E-state index contributed by atoms with van der Waals surface area (Å²) in [7, 11) is 0. The van der Waals surface area contributed by atoms with Crippen molar-refractivity contribution in [1.29, 1.82) is 0 Å². The third-order valence-electron chi connectivity index (χ3n) is 0.805. The Hall–Kier alpha value is -0.205. The van der Waals surface area contributed by atoms with Crippen LogP contribution < -0.4 is 0 Å². The SMILES string of the molecule is O=C(O)C(O)C(O)C(=O)O.[Hg]. The van der Waals surface area contributed by atoms with Gasteiger partial charge in [-0.2, -0.15) is 0 Å². The Bertz CT molecular complexity index is 139. The van der Waals surface area contributed by atoms with E-state index in [9.17, 15) is 9.59 Å². The largest absolute Gasteiger partial charge is 0.479 e. The second kappa shape index (κ2) is 5.45. The fourth-order valence-corrected chi connectivity index (χ4v) is 0.270. The van der Waals surface area contributed by atoms with Crippen LogP contribution in [0.3, 0.4) is 0 Å². The molecule has 7 heteroatoms. The van der Waals surface area contributed by atoms with E-state index < -0.39 is 24.1 Å². The summed E-state index contributed by atoms with van der Waals surface area (Å²) in [6.07, 6.45) is -4.53. The topological polar surface area (TPSA) is 115 Å². The number of carboxylic acid groups (broad SMARTS) is 2. The normalized spacial score (nSPS) is 14.4. The smallest absolute Gasteiger partial charge is 0.335 e. The average molecular weight is 351 g/mol. The van der Waals surface area contributed by atoms with E-state index in [1.807, 2.05) is 0 Å². The van der Waals surface area contributed by atoms with Crippen molar-refractivity contribution in [2.45, 2.75) is 12.2 Å². The minimum atomic E-state index is -2.27. The van der Waals surface area contributed by atoms with Gasteiger partial charge in [-0.1, -0.05) is 0 Å². The van der Waals surface area contributed by atoms with Gasteiger partial charge < -0.3 is 20.4 Å². The minimum absolute atomic E-state index is 0. The zero-order valence-corrected chi connectivity index (χ0v) is 11.0. The van der Waals surface area contributed by atoms with Gasteiger partial charge in [-0.25, -0.2) is 9.59 Å². The molecule has 0 aromatic heterocycles. The molecule has 0 aliphatic carbocycles. The summed E-state index contributed by atoms with van der Waals surface area (Å²) in [4.78, 5) is 19.5. The van der Waals surface area contributed by atoms with E-state index in [4.69, 9.17) is 20.4 Å². The van der Waals surface area contributed by atoms with Crippen LogP contribution in [0.25, 0.3) is 0 Å². The first kappa shape index (κ1) is 13.4. The summed E-state index contributed by atoms with van der Waals surface area (Å²) >= 11 is 0. The molecule has 0 saturated heterocycles. The number of rotatable bonds is 3. The molecule has 0 radical (unpaired) electrons. The first-order valence-corrected chi connectivity index (χ1v) is 2.28. The molecule has 4 N–H and O–H groups in total. The van der Waals surface area contributed by atoms with E-state index in [1.165, 1.54) is 0 Å². The van der Waals surface area contributed by atoms with Crippen molar-refractivity contribution >= 4 is 11.9 Å². The van der Waals surface area contributed by atoms with Gasteiger partial charge in [0.05, 0.1) is 0 Å². The van der Waals surface area contributed by atoms with Crippen LogP contribution in [0.4, 0.5) is 0 Å². The summed E-state index contributed by atoms with van der Waals surface area (Å²) < 4.78 is 0. The molecule has 0 spiro atoms. The van der Waals surface area contributed by atoms with Gasteiger partial charge in [0.25, 0.3) is 0 Å². The molecule has 0 rings (SSSR count). The molecule has 60 valence electrons. The predicted octanol–water partition coefficient (Wildman–Crippen LogP) is -2.13. The number of aliphatic hydroxyl groups excluding tert-OH is 2. The van der Waals surface area contributed by atoms with E-state index in [0.717, 1.165) is 0 Å². The van der Waals surface area contributed by atoms with E-state index in [2.05, 4.69) is 0 Å². The van der Waals surface area contributed by atoms with Crippen LogP contribution in [0.15, 0.2) is 0 Å². The molecule has 2 atom stereocenters. The second-order valence-corrected chi connectivity index (χ2v) is 1.57. The van der Waals surface area contributed by atoms with Crippen LogP contribution in [-0.4, -0.2) is 44.6 Å². The molecule has 11 heavy (non-hydrogen) atoms. The van der Waals surface area contributed by atoms with Gasteiger partial charge in [-0.15, -0.1) is 0 Å². The van der Waals surface area contributed by atoms with Crippen LogP contribution in [0, 0.1) is 0 Å². The molecular weight excluding hydrogens is 345 g/mol. The average Bonchev–Trinajstić information content (AvgIpc) is 1.84. The van der Waals surface area contributed by atoms with Crippen molar-refractivity contribution in [3.63, 3.8) is 0 Å². The number of aliphatic carboxylic acids is 2. The molecule has 0 aliphatic rings. The zero-order valence-electron chi connectivity index (χ0n) is 5.47. The van der Waals surface area contributed by atoms with Gasteiger partial charge >= 0.3 is 11.9 Å². The molecule has 0 aromatic rings. The van der Waals surface area contributed by atoms with E-state index in [1.54, 1.807) is 0 Å². The third kappa shape index (κ3) is 4.28. The van der Waals surface area contributed by atoms with Gasteiger partial charge in [0.2, 0.25) is 0 Å². The van der Waals surface area contributed by atoms with Crippen LogP contribution in [0.5, 0.6) is 0 Å². The Balaban J connectivity index is 0. The molecule has 6 nitrogen and oxygen atoms in total. The zero-order chi connectivity index (χ0) is 8.31. The van der Waals surface area contributed by atoms with Crippen LogP contribution in [-0.2, 0) is 37.3 Å². The predicted molar refractivity (Wildman–Crippen MR) is 27.3 cm³/mol. The number of aliphatic hydroxyl groups is 2. The summed E-state index contributed by atoms with van der Waals surface area (Å²) in [5.74, 6) is -3.54. The molecular formula is C4H6HgO6. The van der Waals surface area contributed by atoms with Crippen molar-refractivity contribution in [3.8, 4) is 0 Å². The molecule has 0 bridgehead atoms. The van der Waals surface area contributed by atoms with Gasteiger partial charge in [0.1, 0.15) is 0 Å². The van der Waals surface area contributed by atoms with Gasteiger partial charge in [0, 0.05) is 27.7 Å². The minimum Gasteiger partial charge on any atom is -0.479 e. The molecule has 0 saturated carbocycles. The van der Waals surface area contributed by atoms with Gasteiger partial charge in [-0.3, -0.25) is 0 Å². The first-order chi connectivity index (χ1) is 4.46. The molecule has 0 amide bonds. The molecule has 0 aromatic carbocycles. The van der Waals surface area contributed by atoms with Gasteiger partial charge in [0.15, 0.2) is 12.2 Å². The van der Waals surface area contributed by atoms with Gasteiger partial charge in [-0.05, 0) is 0 Å². The summed E-state index contributed by atoms with van der Waals surface area (Å²) in [5, 5.41) is 32.5. The Morgan fingerprint density at radius 2 is 1.09 bits per heavy atom. The summed E-state index contributed by atoms with van der Waals surface area (Å²) in [6.45, 7) is 0. The maximum Gasteiger partial charge on any atom is 0.335 e. The summed E-state index contributed by atoms with van der Waals surface area (Å²) in [6, 6.07) is 0. The summed E-state index contributed by atoms with van der Waals surface area (Å²) in [5.41, 5.74) is 0. The van der Waals surface area contributed by atoms with Crippen molar-refractivity contribution in [2.75, 3.05) is 0 Å². The first-order valence-electron chi connectivity index (χ1n) is 2.28. The standard InChI is InChI=1S/C4H6O6.Hg/c5-1(3(7)8)2(6)4(9)10;/h1-2,5-6H,(H,7,8)(H,9,10);. The van der Waals surface area contributed by atoms with Crippen molar-refractivity contribution in [1.82, 2.24) is 0 Å². The van der Waals surface area contributed by atoms with Crippen LogP contribution >= 0.6 is 0 Å². The molecule has 0 aliphatic heterocycles. The maximum atomic E-state index is 9.77.